The van der Waals surface area contributed by atoms with E-state index in [0.717, 1.165) is 22.2 Å². The van der Waals surface area contributed by atoms with E-state index in [-0.39, 0.29) is 0 Å². The smallest absolute Gasteiger partial charge is 0.119 e. The molecule has 0 heterocycles. The van der Waals surface area contributed by atoms with Gasteiger partial charge in [0.05, 0.1) is 13.2 Å². The summed E-state index contributed by atoms with van der Waals surface area (Å²) < 4.78 is 11.1. The molecule has 2 rings (SSSR count). The molecule has 0 amide bonds. The third-order valence-electron chi connectivity index (χ3n) is 2.73. The summed E-state index contributed by atoms with van der Waals surface area (Å²) in [6.45, 7) is 1.36. The van der Waals surface area contributed by atoms with E-state index in [1.165, 1.54) is 11.1 Å². The lowest BCUT2D eigenvalue weighted by Crippen LogP contribution is -1.97. The van der Waals surface area contributed by atoms with Crippen LogP contribution < -0.4 is 9.47 Å². The van der Waals surface area contributed by atoms with Gasteiger partial charge >= 0.3 is 0 Å². The number of hydrogen-bond donors (Lipinski definition) is 0. The monoisotopic (exact) mass is 398 g/mol. The van der Waals surface area contributed by atoms with Crippen molar-refractivity contribution < 1.29 is 9.47 Å². The zero-order chi connectivity index (χ0) is 14.2. The molecule has 0 saturated carbocycles. The molecule has 0 aliphatic heterocycles. The van der Waals surface area contributed by atoms with Gasteiger partial charge in [0.15, 0.2) is 0 Å². The zero-order valence-corrected chi connectivity index (χ0v) is 14.2. The highest BCUT2D eigenvalue weighted by Crippen LogP contribution is 2.24. The Morgan fingerprint density at radius 1 is 0.600 bits per heavy atom. The summed E-state index contributed by atoms with van der Waals surface area (Å²) in [6, 6.07) is 16.2. The number of alkyl halides is 2. The van der Waals surface area contributed by atoms with Gasteiger partial charge in [0.25, 0.3) is 0 Å². The quantitative estimate of drug-likeness (QED) is 0.616. The molecule has 2 nitrogen and oxygen atoms in total. The van der Waals surface area contributed by atoms with Gasteiger partial charge in [-0.05, 0) is 35.4 Å². The molecule has 0 atom stereocenters. The Morgan fingerprint density at radius 2 is 0.950 bits per heavy atom. The third-order valence-corrected chi connectivity index (χ3v) is 3.38. The van der Waals surface area contributed by atoms with E-state index in [0.29, 0.717) is 13.2 Å². The summed E-state index contributed by atoms with van der Waals surface area (Å²) >= 11 is 6.69. The maximum atomic E-state index is 5.54. The predicted molar refractivity (Wildman–Crippen MR) is 90.5 cm³/mol. The van der Waals surface area contributed by atoms with Crippen molar-refractivity contribution in [2.75, 3.05) is 23.9 Å². The van der Waals surface area contributed by atoms with Crippen LogP contribution in [0.3, 0.4) is 0 Å². The minimum Gasteiger partial charge on any atom is -0.493 e. The van der Waals surface area contributed by atoms with Crippen LogP contribution >= 0.6 is 31.9 Å². The van der Waals surface area contributed by atoms with Crippen LogP contribution in [0, 0.1) is 0 Å². The molecule has 0 aliphatic carbocycles. The molecule has 0 fully saturated rings. The topological polar surface area (TPSA) is 18.5 Å². The Bertz CT molecular complexity index is 460. The second-order valence-corrected chi connectivity index (χ2v) is 5.71. The van der Waals surface area contributed by atoms with E-state index in [9.17, 15) is 0 Å². The van der Waals surface area contributed by atoms with Crippen molar-refractivity contribution in [3.63, 3.8) is 0 Å². The van der Waals surface area contributed by atoms with Crippen molar-refractivity contribution >= 4 is 31.9 Å². The largest absolute Gasteiger partial charge is 0.493 e. The van der Waals surface area contributed by atoms with Crippen LogP contribution in [0.5, 0.6) is 11.5 Å². The Morgan fingerprint density at radius 3 is 1.25 bits per heavy atom. The number of benzene rings is 2. The van der Waals surface area contributed by atoms with Crippen LogP contribution in [0.1, 0.15) is 0 Å². The van der Waals surface area contributed by atoms with Crippen molar-refractivity contribution in [1.82, 2.24) is 0 Å². The van der Waals surface area contributed by atoms with Gasteiger partial charge in [0.1, 0.15) is 11.5 Å². The van der Waals surface area contributed by atoms with Crippen LogP contribution in [-0.4, -0.2) is 23.9 Å². The van der Waals surface area contributed by atoms with E-state index in [4.69, 9.17) is 9.47 Å². The van der Waals surface area contributed by atoms with E-state index in [1.54, 1.807) is 0 Å². The maximum absolute atomic E-state index is 5.54. The SMILES string of the molecule is BrCCOc1ccc(-c2ccc(OCCBr)cc2)cc1. The van der Waals surface area contributed by atoms with Gasteiger partial charge in [0.2, 0.25) is 0 Å². The molecule has 0 aliphatic rings. The van der Waals surface area contributed by atoms with Crippen LogP contribution in [0.4, 0.5) is 0 Å². The molecular formula is C16H16Br2O2. The molecule has 0 bridgehead atoms. The van der Waals surface area contributed by atoms with Gasteiger partial charge in [-0.15, -0.1) is 0 Å². The van der Waals surface area contributed by atoms with Crippen LogP contribution in [0.15, 0.2) is 48.5 Å². The summed E-state index contributed by atoms with van der Waals surface area (Å²) in [5.41, 5.74) is 2.34. The molecule has 4 heteroatoms. The van der Waals surface area contributed by atoms with Gasteiger partial charge in [0, 0.05) is 10.7 Å². The molecule has 106 valence electrons. The van der Waals surface area contributed by atoms with E-state index in [1.807, 2.05) is 24.3 Å². The fourth-order valence-corrected chi connectivity index (χ4v) is 2.12. The molecule has 0 unspecified atom stereocenters. The summed E-state index contributed by atoms with van der Waals surface area (Å²) in [6.07, 6.45) is 0. The summed E-state index contributed by atoms with van der Waals surface area (Å²) in [7, 11) is 0. The van der Waals surface area contributed by atoms with Gasteiger partial charge in [-0.1, -0.05) is 56.1 Å². The maximum Gasteiger partial charge on any atom is 0.119 e. The Kier molecular flexibility index (Phi) is 6.40. The van der Waals surface area contributed by atoms with Crippen molar-refractivity contribution in [1.29, 1.82) is 0 Å². The molecule has 0 spiro atoms. The fraction of sp³-hybridized carbons (Fsp3) is 0.250. The highest BCUT2D eigenvalue weighted by Gasteiger charge is 2.00. The molecule has 2 aromatic rings. The molecule has 0 N–H and O–H groups in total. The lowest BCUT2D eigenvalue weighted by molar-refractivity contribution is 0.345. The summed E-state index contributed by atoms with van der Waals surface area (Å²) in [5, 5.41) is 1.68. The van der Waals surface area contributed by atoms with Crippen LogP contribution in [-0.2, 0) is 0 Å². The standard InChI is InChI=1S/C16H16Br2O2/c17-9-11-19-15-5-1-13(2-6-15)14-3-7-16(8-4-14)20-12-10-18/h1-8H,9-12H2. The second kappa shape index (κ2) is 8.32. The van der Waals surface area contributed by atoms with Crippen molar-refractivity contribution in [3.05, 3.63) is 48.5 Å². The molecule has 20 heavy (non-hydrogen) atoms. The third kappa shape index (κ3) is 4.53. The first-order valence-electron chi connectivity index (χ1n) is 6.41. The first-order valence-corrected chi connectivity index (χ1v) is 8.66. The average molecular weight is 400 g/mol. The number of hydrogen-bond acceptors (Lipinski definition) is 2. The minimum atomic E-state index is 0.680. The van der Waals surface area contributed by atoms with Crippen molar-refractivity contribution in [2.45, 2.75) is 0 Å². The lowest BCUT2D eigenvalue weighted by Gasteiger charge is -2.07. The van der Waals surface area contributed by atoms with Crippen molar-refractivity contribution in [3.8, 4) is 22.6 Å². The van der Waals surface area contributed by atoms with E-state index < -0.39 is 0 Å². The highest BCUT2D eigenvalue weighted by molar-refractivity contribution is 9.09. The molecule has 0 radical (unpaired) electrons. The fourth-order valence-electron chi connectivity index (χ4n) is 1.80. The van der Waals surface area contributed by atoms with Crippen LogP contribution in [0.2, 0.25) is 0 Å². The Hall–Kier alpha value is -1.00. The number of ether oxygens (including phenoxy) is 2. The Balaban J connectivity index is 2.03. The van der Waals surface area contributed by atoms with Gasteiger partial charge in [-0.3, -0.25) is 0 Å². The van der Waals surface area contributed by atoms with Crippen molar-refractivity contribution in [2.24, 2.45) is 0 Å². The first kappa shape index (κ1) is 15.4. The number of halogens is 2. The van der Waals surface area contributed by atoms with Gasteiger partial charge in [-0.25, -0.2) is 0 Å². The van der Waals surface area contributed by atoms with Gasteiger partial charge in [-0.2, -0.15) is 0 Å². The minimum absolute atomic E-state index is 0.680. The molecule has 0 aromatic heterocycles. The predicted octanol–water partition coefficient (Wildman–Crippen LogP) is 4.90. The number of rotatable bonds is 7. The highest BCUT2D eigenvalue weighted by atomic mass is 79.9. The first-order chi connectivity index (χ1) is 9.83. The Labute approximate surface area is 136 Å². The average Bonchev–Trinajstić information content (AvgIpc) is 2.52. The summed E-state index contributed by atoms with van der Waals surface area (Å²) in [4.78, 5) is 0. The normalized spacial score (nSPS) is 10.3. The lowest BCUT2D eigenvalue weighted by atomic mass is 10.1. The molecular weight excluding hydrogens is 384 g/mol. The van der Waals surface area contributed by atoms with Gasteiger partial charge < -0.3 is 9.47 Å². The molecule has 2 aromatic carbocycles. The molecule has 0 saturated heterocycles. The summed E-state index contributed by atoms with van der Waals surface area (Å²) in [5.74, 6) is 1.79. The zero-order valence-electron chi connectivity index (χ0n) is 11.0. The van der Waals surface area contributed by atoms with E-state index in [2.05, 4.69) is 56.1 Å². The second-order valence-electron chi connectivity index (χ2n) is 4.12. The van der Waals surface area contributed by atoms with Crippen LogP contribution in [0.25, 0.3) is 11.1 Å². The van der Waals surface area contributed by atoms with E-state index >= 15 is 0 Å².